The van der Waals surface area contributed by atoms with E-state index in [1.165, 1.54) is 0 Å². The van der Waals surface area contributed by atoms with E-state index in [4.69, 9.17) is 0 Å². The van der Waals surface area contributed by atoms with E-state index in [0.29, 0.717) is 6.54 Å². The van der Waals surface area contributed by atoms with Gasteiger partial charge in [0, 0.05) is 35.6 Å². The fraction of sp³-hybridized carbons (Fsp3) is 0.389. The van der Waals surface area contributed by atoms with E-state index in [1.807, 2.05) is 50.4 Å². The van der Waals surface area contributed by atoms with Crippen LogP contribution in [0, 0.1) is 12.8 Å². The monoisotopic (exact) mass is 343 g/mol. The first kappa shape index (κ1) is 16.6. The Kier molecular flexibility index (Phi) is 4.66. The van der Waals surface area contributed by atoms with Crippen LogP contribution in [0.15, 0.2) is 29.6 Å². The van der Waals surface area contributed by atoms with Crippen molar-refractivity contribution in [2.45, 2.75) is 33.2 Å². The van der Waals surface area contributed by atoms with Gasteiger partial charge in [0.05, 0.1) is 16.6 Å². The van der Waals surface area contributed by atoms with Crippen LogP contribution in [0.5, 0.6) is 0 Å². The molecule has 24 heavy (non-hydrogen) atoms. The normalized spacial score (nSPS) is 17.6. The lowest BCUT2D eigenvalue weighted by Crippen LogP contribution is -2.33. The second-order valence-corrected chi connectivity index (χ2v) is 7.42. The average Bonchev–Trinajstić information content (AvgIpc) is 3.13. The van der Waals surface area contributed by atoms with Crippen molar-refractivity contribution in [2.75, 3.05) is 11.9 Å². The second kappa shape index (κ2) is 6.73. The number of anilines is 1. The van der Waals surface area contributed by atoms with Gasteiger partial charge in [-0.15, -0.1) is 11.3 Å². The molecule has 1 saturated heterocycles. The minimum atomic E-state index is -0.287. The Hall–Kier alpha value is -2.21. The lowest BCUT2D eigenvalue weighted by atomic mass is 10.1. The van der Waals surface area contributed by atoms with Crippen LogP contribution in [0.4, 0.5) is 5.69 Å². The Morgan fingerprint density at radius 1 is 1.42 bits per heavy atom. The molecule has 0 saturated carbocycles. The lowest BCUT2D eigenvalue weighted by molar-refractivity contribution is -0.129. The summed E-state index contributed by atoms with van der Waals surface area (Å²) < 4.78 is 0. The summed E-state index contributed by atoms with van der Waals surface area (Å²) in [6.45, 7) is 6.40. The van der Waals surface area contributed by atoms with Crippen LogP contribution in [0.2, 0.25) is 0 Å². The molecule has 0 radical (unpaired) electrons. The average molecular weight is 343 g/mol. The van der Waals surface area contributed by atoms with E-state index in [2.05, 4.69) is 10.3 Å². The minimum Gasteiger partial charge on any atom is -0.339 e. The summed E-state index contributed by atoms with van der Waals surface area (Å²) in [7, 11) is 0. The van der Waals surface area contributed by atoms with Gasteiger partial charge in [-0.25, -0.2) is 4.98 Å². The lowest BCUT2D eigenvalue weighted by Gasteiger charge is -2.20. The molecule has 126 valence electrons. The zero-order valence-electron chi connectivity index (χ0n) is 14.1. The van der Waals surface area contributed by atoms with Crippen molar-refractivity contribution in [3.8, 4) is 11.3 Å². The number of rotatable bonds is 4. The number of hydrogen-bond donors (Lipinski definition) is 1. The number of aryl methyl sites for hydroxylation is 1. The SMILES string of the molecule is Cc1nc(-c2cccc(NC(=O)[C@@H]3CC(=O)N(C(C)C)C3)c2)cs1. The number of benzene rings is 1. The Morgan fingerprint density at radius 2 is 2.21 bits per heavy atom. The number of carbonyl (C=O) groups excluding carboxylic acids is 2. The largest absolute Gasteiger partial charge is 0.339 e. The first-order chi connectivity index (χ1) is 11.4. The quantitative estimate of drug-likeness (QED) is 0.926. The third kappa shape index (κ3) is 3.48. The third-order valence-corrected chi connectivity index (χ3v) is 4.97. The van der Waals surface area contributed by atoms with Gasteiger partial charge in [-0.05, 0) is 32.9 Å². The van der Waals surface area contributed by atoms with E-state index < -0.39 is 0 Å². The Bertz CT molecular complexity index is 769. The Labute approximate surface area is 145 Å². The van der Waals surface area contributed by atoms with Crippen LogP contribution in [0.1, 0.15) is 25.3 Å². The highest BCUT2D eigenvalue weighted by Crippen LogP contribution is 2.26. The molecular weight excluding hydrogens is 322 g/mol. The maximum Gasteiger partial charge on any atom is 0.229 e. The molecular formula is C18H21N3O2S. The second-order valence-electron chi connectivity index (χ2n) is 6.36. The number of aromatic nitrogens is 1. The number of carbonyl (C=O) groups is 2. The van der Waals surface area contributed by atoms with Crippen molar-refractivity contribution in [3.63, 3.8) is 0 Å². The van der Waals surface area contributed by atoms with Crippen LogP contribution >= 0.6 is 11.3 Å². The zero-order valence-corrected chi connectivity index (χ0v) is 14.9. The maximum atomic E-state index is 12.5. The van der Waals surface area contributed by atoms with Crippen molar-refractivity contribution < 1.29 is 9.59 Å². The summed E-state index contributed by atoms with van der Waals surface area (Å²) in [5, 5.41) is 5.96. The highest BCUT2D eigenvalue weighted by Gasteiger charge is 2.35. The van der Waals surface area contributed by atoms with Crippen molar-refractivity contribution >= 4 is 28.8 Å². The van der Waals surface area contributed by atoms with Gasteiger partial charge in [0.2, 0.25) is 11.8 Å². The Morgan fingerprint density at radius 3 is 2.83 bits per heavy atom. The van der Waals surface area contributed by atoms with Crippen LogP contribution in [-0.2, 0) is 9.59 Å². The first-order valence-electron chi connectivity index (χ1n) is 8.07. The summed E-state index contributed by atoms with van der Waals surface area (Å²) in [5.74, 6) is -0.333. The Balaban J connectivity index is 1.70. The van der Waals surface area contributed by atoms with E-state index >= 15 is 0 Å². The molecule has 0 bridgehead atoms. The highest BCUT2D eigenvalue weighted by atomic mass is 32.1. The van der Waals surface area contributed by atoms with Crippen LogP contribution in [-0.4, -0.2) is 34.3 Å². The molecule has 3 rings (SSSR count). The van der Waals surface area contributed by atoms with Gasteiger partial charge >= 0.3 is 0 Å². The van der Waals surface area contributed by atoms with Crippen LogP contribution in [0.25, 0.3) is 11.3 Å². The van der Waals surface area contributed by atoms with Crippen molar-refractivity contribution in [2.24, 2.45) is 5.92 Å². The zero-order chi connectivity index (χ0) is 17.3. The van der Waals surface area contributed by atoms with Crippen molar-refractivity contribution in [1.29, 1.82) is 0 Å². The number of likely N-dealkylation sites (tertiary alicyclic amines) is 1. The molecule has 2 aromatic rings. The smallest absolute Gasteiger partial charge is 0.229 e. The molecule has 0 unspecified atom stereocenters. The molecule has 1 aliphatic rings. The molecule has 1 N–H and O–H groups in total. The predicted octanol–water partition coefficient (Wildman–Crippen LogP) is 3.31. The fourth-order valence-electron chi connectivity index (χ4n) is 2.90. The molecule has 5 nitrogen and oxygen atoms in total. The number of amides is 2. The summed E-state index contributed by atoms with van der Waals surface area (Å²) in [4.78, 5) is 30.7. The number of nitrogens with one attached hydrogen (secondary N) is 1. The molecule has 1 atom stereocenters. The topological polar surface area (TPSA) is 62.3 Å². The van der Waals surface area contributed by atoms with Gasteiger partial charge in [0.1, 0.15) is 0 Å². The molecule has 1 aliphatic heterocycles. The van der Waals surface area contributed by atoms with Crippen LogP contribution < -0.4 is 5.32 Å². The van der Waals surface area contributed by atoms with Crippen molar-refractivity contribution in [1.82, 2.24) is 9.88 Å². The number of hydrogen-bond acceptors (Lipinski definition) is 4. The number of thiazole rings is 1. The van der Waals surface area contributed by atoms with E-state index in [1.54, 1.807) is 16.2 Å². The summed E-state index contributed by atoms with van der Waals surface area (Å²) in [5.41, 5.74) is 2.62. The van der Waals surface area contributed by atoms with E-state index in [0.717, 1.165) is 22.0 Å². The maximum absolute atomic E-state index is 12.5. The molecule has 2 amide bonds. The molecule has 1 aromatic heterocycles. The van der Waals surface area contributed by atoms with Gasteiger partial charge in [-0.2, -0.15) is 0 Å². The van der Waals surface area contributed by atoms with Gasteiger partial charge < -0.3 is 10.2 Å². The van der Waals surface area contributed by atoms with Gasteiger partial charge in [0.15, 0.2) is 0 Å². The van der Waals surface area contributed by atoms with E-state index in [-0.39, 0.29) is 30.2 Å². The summed E-state index contributed by atoms with van der Waals surface area (Å²) in [6.07, 6.45) is 0.287. The fourth-order valence-corrected chi connectivity index (χ4v) is 3.52. The molecule has 1 aromatic carbocycles. The molecule has 1 fully saturated rings. The van der Waals surface area contributed by atoms with Crippen LogP contribution in [0.3, 0.4) is 0 Å². The summed E-state index contributed by atoms with van der Waals surface area (Å²) >= 11 is 1.60. The molecule has 6 heteroatoms. The van der Waals surface area contributed by atoms with Gasteiger partial charge in [0.25, 0.3) is 0 Å². The molecule has 0 spiro atoms. The van der Waals surface area contributed by atoms with Gasteiger partial charge in [-0.3, -0.25) is 9.59 Å². The standard InChI is InChI=1S/C18H21N3O2S/c1-11(2)21-9-14(8-17(21)22)18(23)20-15-6-4-5-13(7-15)16-10-24-12(3)19-16/h4-7,10-11,14H,8-9H2,1-3H3,(H,20,23)/t14-/m1/s1. The van der Waals surface area contributed by atoms with Crippen molar-refractivity contribution in [3.05, 3.63) is 34.7 Å². The summed E-state index contributed by atoms with van der Waals surface area (Å²) in [6, 6.07) is 7.79. The highest BCUT2D eigenvalue weighted by molar-refractivity contribution is 7.09. The third-order valence-electron chi connectivity index (χ3n) is 4.20. The minimum absolute atomic E-state index is 0.0526. The molecule has 0 aliphatic carbocycles. The first-order valence-corrected chi connectivity index (χ1v) is 8.95. The van der Waals surface area contributed by atoms with Gasteiger partial charge in [-0.1, -0.05) is 12.1 Å². The predicted molar refractivity (Wildman–Crippen MR) is 95.9 cm³/mol. The van der Waals surface area contributed by atoms with E-state index in [9.17, 15) is 9.59 Å². The number of nitrogens with zero attached hydrogens (tertiary/aromatic N) is 2. The molecule has 2 heterocycles.